The molecule has 0 aliphatic heterocycles. The van der Waals surface area contributed by atoms with Crippen LogP contribution in [0.2, 0.25) is 5.02 Å². The van der Waals surface area contributed by atoms with E-state index in [2.05, 4.69) is 15.6 Å². The zero-order chi connectivity index (χ0) is 20.3. The van der Waals surface area contributed by atoms with Crippen LogP contribution in [0, 0.1) is 24.0 Å². The van der Waals surface area contributed by atoms with E-state index in [0.717, 1.165) is 11.1 Å². The lowest BCUT2D eigenvalue weighted by Crippen LogP contribution is -2.16. The van der Waals surface area contributed by atoms with Crippen molar-refractivity contribution in [3.05, 3.63) is 79.9 Å². The van der Waals surface area contributed by atoms with Gasteiger partial charge in [-0.1, -0.05) is 35.9 Å². The van der Waals surface area contributed by atoms with Crippen molar-refractivity contribution < 1.29 is 14.1 Å². The molecule has 0 radical (unpaired) electrons. The number of nitro groups is 1. The molecule has 3 aromatic rings. The minimum Gasteiger partial charge on any atom is -0.454 e. The van der Waals surface area contributed by atoms with Gasteiger partial charge in [-0.05, 0) is 42.0 Å². The predicted octanol–water partition coefficient (Wildman–Crippen LogP) is 3.47. The Balaban J connectivity index is 1.67. The second-order valence-electron chi connectivity index (χ2n) is 5.96. The molecule has 1 N–H and O–H groups in total. The SMILES string of the molecule is Cc1ccccc1/C=N\NC(=O)c1ccc(Cn2nc([N+](=O)[O-])c(Cl)c2C)o1. The molecule has 0 unspecified atom stereocenters. The lowest BCUT2D eigenvalue weighted by atomic mass is 10.1. The Kier molecular flexibility index (Phi) is 5.55. The third-order valence-electron chi connectivity index (χ3n) is 4.04. The number of nitrogens with zero attached hydrogens (tertiary/aromatic N) is 4. The van der Waals surface area contributed by atoms with E-state index in [0.29, 0.717) is 11.5 Å². The molecule has 0 aliphatic rings. The summed E-state index contributed by atoms with van der Waals surface area (Å²) in [4.78, 5) is 22.4. The zero-order valence-corrected chi connectivity index (χ0v) is 15.8. The maximum Gasteiger partial charge on any atom is 0.408 e. The first-order chi connectivity index (χ1) is 13.4. The van der Waals surface area contributed by atoms with Crippen molar-refractivity contribution in [3.63, 3.8) is 0 Å². The fourth-order valence-electron chi connectivity index (χ4n) is 2.46. The number of rotatable bonds is 6. The standard InChI is InChI=1S/C18H16ClN5O4/c1-11-5-3-4-6-13(11)9-20-21-18(25)15-8-7-14(28-15)10-23-12(2)16(19)17(22-23)24(26)27/h3-9H,10H2,1-2H3,(H,21,25)/b20-9-. The van der Waals surface area contributed by atoms with Gasteiger partial charge in [-0.3, -0.25) is 4.79 Å². The number of aryl methyl sites for hydroxylation is 1. The Morgan fingerprint density at radius 1 is 1.36 bits per heavy atom. The number of benzene rings is 1. The first-order valence-electron chi connectivity index (χ1n) is 8.22. The van der Waals surface area contributed by atoms with Gasteiger partial charge in [0.25, 0.3) is 0 Å². The van der Waals surface area contributed by atoms with E-state index in [1.54, 1.807) is 19.2 Å². The van der Waals surface area contributed by atoms with Crippen molar-refractivity contribution >= 4 is 29.5 Å². The molecule has 3 rings (SSSR count). The number of hydrogen-bond donors (Lipinski definition) is 1. The van der Waals surface area contributed by atoms with Crippen molar-refractivity contribution in [1.82, 2.24) is 15.2 Å². The molecule has 0 aliphatic carbocycles. The molecule has 2 aromatic heterocycles. The van der Waals surface area contributed by atoms with Crippen molar-refractivity contribution in [2.45, 2.75) is 20.4 Å². The van der Waals surface area contributed by atoms with Gasteiger partial charge in [-0.25, -0.2) is 5.43 Å². The summed E-state index contributed by atoms with van der Waals surface area (Å²) in [5, 5.41) is 18.7. The fourth-order valence-corrected chi connectivity index (χ4v) is 2.66. The highest BCUT2D eigenvalue weighted by Crippen LogP contribution is 2.27. The molecule has 144 valence electrons. The summed E-state index contributed by atoms with van der Waals surface area (Å²) < 4.78 is 6.83. The Bertz CT molecular complexity index is 1070. The van der Waals surface area contributed by atoms with E-state index in [4.69, 9.17) is 16.0 Å². The highest BCUT2D eigenvalue weighted by atomic mass is 35.5. The molecular weight excluding hydrogens is 386 g/mol. The molecule has 0 spiro atoms. The monoisotopic (exact) mass is 401 g/mol. The van der Waals surface area contributed by atoms with Gasteiger partial charge in [0.05, 0.1) is 17.0 Å². The van der Waals surface area contributed by atoms with Gasteiger partial charge < -0.3 is 14.5 Å². The maximum absolute atomic E-state index is 12.1. The second kappa shape index (κ2) is 8.05. The first kappa shape index (κ1) is 19.3. The third-order valence-corrected chi connectivity index (χ3v) is 4.48. The lowest BCUT2D eigenvalue weighted by molar-refractivity contribution is -0.389. The molecule has 10 heteroatoms. The molecule has 0 fully saturated rings. The summed E-state index contributed by atoms with van der Waals surface area (Å²) in [6, 6.07) is 10.7. The van der Waals surface area contributed by atoms with Gasteiger partial charge >= 0.3 is 11.7 Å². The van der Waals surface area contributed by atoms with Crippen LogP contribution in [-0.2, 0) is 6.54 Å². The molecule has 0 atom stereocenters. The number of carbonyl (C=O) groups is 1. The van der Waals surface area contributed by atoms with Gasteiger partial charge in [-0.2, -0.15) is 9.78 Å². The largest absolute Gasteiger partial charge is 0.454 e. The Morgan fingerprint density at radius 2 is 2.11 bits per heavy atom. The first-order valence-corrected chi connectivity index (χ1v) is 8.59. The summed E-state index contributed by atoms with van der Waals surface area (Å²) in [6.07, 6.45) is 1.55. The quantitative estimate of drug-likeness (QED) is 0.385. The fraction of sp³-hybridized carbons (Fsp3) is 0.167. The van der Waals surface area contributed by atoms with E-state index < -0.39 is 16.6 Å². The van der Waals surface area contributed by atoms with Gasteiger partial charge in [0.15, 0.2) is 10.8 Å². The number of aromatic nitrogens is 2. The van der Waals surface area contributed by atoms with Crippen LogP contribution >= 0.6 is 11.6 Å². The number of furan rings is 1. The van der Waals surface area contributed by atoms with Crippen LogP contribution in [0.25, 0.3) is 0 Å². The molecule has 0 saturated heterocycles. The van der Waals surface area contributed by atoms with Crippen molar-refractivity contribution in [2.75, 3.05) is 0 Å². The van der Waals surface area contributed by atoms with Crippen molar-refractivity contribution in [1.29, 1.82) is 0 Å². The molecule has 1 amide bonds. The summed E-state index contributed by atoms with van der Waals surface area (Å²) in [5.74, 6) is -0.487. The molecular formula is C18H16ClN5O4. The van der Waals surface area contributed by atoms with Crippen LogP contribution in [-0.4, -0.2) is 26.8 Å². The molecule has 28 heavy (non-hydrogen) atoms. The van der Waals surface area contributed by atoms with Crippen LogP contribution in [0.1, 0.15) is 33.1 Å². The Morgan fingerprint density at radius 3 is 2.79 bits per heavy atom. The Hall–Kier alpha value is -3.46. The van der Waals surface area contributed by atoms with Gasteiger partial charge in [0.1, 0.15) is 12.3 Å². The van der Waals surface area contributed by atoms with E-state index in [9.17, 15) is 14.9 Å². The van der Waals surface area contributed by atoms with Crippen LogP contribution in [0.15, 0.2) is 45.9 Å². The smallest absolute Gasteiger partial charge is 0.408 e. The van der Waals surface area contributed by atoms with E-state index in [1.807, 2.05) is 31.2 Å². The highest BCUT2D eigenvalue weighted by molar-refractivity contribution is 6.33. The average Bonchev–Trinajstić information content (AvgIpc) is 3.24. The van der Waals surface area contributed by atoms with E-state index >= 15 is 0 Å². The number of halogens is 1. The number of amides is 1. The molecule has 2 heterocycles. The summed E-state index contributed by atoms with van der Waals surface area (Å²) in [6.45, 7) is 3.65. The lowest BCUT2D eigenvalue weighted by Gasteiger charge is -1.99. The number of carbonyl (C=O) groups excluding carboxylic acids is 1. The van der Waals surface area contributed by atoms with E-state index in [1.165, 1.54) is 10.7 Å². The van der Waals surface area contributed by atoms with Crippen LogP contribution in [0.4, 0.5) is 5.82 Å². The number of hydrazone groups is 1. The third kappa shape index (κ3) is 4.09. The Labute approximate surface area is 164 Å². The highest BCUT2D eigenvalue weighted by Gasteiger charge is 2.24. The normalized spacial score (nSPS) is 11.1. The van der Waals surface area contributed by atoms with Gasteiger partial charge in [-0.15, -0.1) is 0 Å². The number of nitrogens with one attached hydrogen (secondary N) is 1. The second-order valence-corrected chi connectivity index (χ2v) is 6.34. The summed E-state index contributed by atoms with van der Waals surface area (Å²) in [7, 11) is 0. The van der Waals surface area contributed by atoms with Gasteiger partial charge in [0, 0.05) is 0 Å². The average molecular weight is 402 g/mol. The topological polar surface area (TPSA) is 116 Å². The van der Waals surface area contributed by atoms with E-state index in [-0.39, 0.29) is 17.3 Å². The maximum atomic E-state index is 12.1. The van der Waals surface area contributed by atoms with Crippen LogP contribution in [0.5, 0.6) is 0 Å². The predicted molar refractivity (Wildman–Crippen MR) is 103 cm³/mol. The number of hydrogen-bond acceptors (Lipinski definition) is 6. The van der Waals surface area contributed by atoms with Crippen LogP contribution in [0.3, 0.4) is 0 Å². The molecule has 9 nitrogen and oxygen atoms in total. The summed E-state index contributed by atoms with van der Waals surface area (Å²) >= 11 is 5.91. The molecule has 1 aromatic carbocycles. The zero-order valence-electron chi connectivity index (χ0n) is 15.0. The molecule has 0 saturated carbocycles. The summed E-state index contributed by atoms with van der Waals surface area (Å²) in [5.41, 5.74) is 4.74. The van der Waals surface area contributed by atoms with Crippen LogP contribution < -0.4 is 5.43 Å². The minimum absolute atomic E-state index is 0.0277. The minimum atomic E-state index is -0.653. The molecule has 0 bridgehead atoms. The van der Waals surface area contributed by atoms with Crippen molar-refractivity contribution in [3.8, 4) is 0 Å². The van der Waals surface area contributed by atoms with Crippen molar-refractivity contribution in [2.24, 2.45) is 5.10 Å². The van der Waals surface area contributed by atoms with Gasteiger partial charge in [0.2, 0.25) is 0 Å².